The lowest BCUT2D eigenvalue weighted by atomic mass is 9.95. The smallest absolute Gasteiger partial charge is 0.151 e. The number of benzene rings is 1. The molecule has 3 N–H and O–H groups in total. The number of aliphatic hydroxyl groups excluding tert-OH is 3. The van der Waals surface area contributed by atoms with Gasteiger partial charge in [0.25, 0.3) is 0 Å². The maximum absolute atomic E-state index is 10.5. The van der Waals surface area contributed by atoms with Gasteiger partial charge in [0.1, 0.15) is 0 Å². The highest BCUT2D eigenvalue weighted by Gasteiger charge is 2.20. The first-order valence-electron chi connectivity index (χ1n) is 5.60. The van der Waals surface area contributed by atoms with E-state index >= 15 is 0 Å². The van der Waals surface area contributed by atoms with Gasteiger partial charge in [-0.25, -0.2) is 0 Å². The summed E-state index contributed by atoms with van der Waals surface area (Å²) >= 11 is 6.34. The lowest BCUT2D eigenvalue weighted by Crippen LogP contribution is -2.29. The predicted octanol–water partition coefficient (Wildman–Crippen LogP) is 1.81. The van der Waals surface area contributed by atoms with Gasteiger partial charge < -0.3 is 15.3 Å². The monoisotopic (exact) mass is 410 g/mol. The normalized spacial score (nSPS) is 10.5. The third-order valence-corrected chi connectivity index (χ3v) is 3.94. The summed E-state index contributed by atoms with van der Waals surface area (Å²) in [6, 6.07) is 3.42. The van der Waals surface area contributed by atoms with E-state index in [-0.39, 0.29) is 19.8 Å². The Morgan fingerprint density at radius 1 is 0.950 bits per heavy atom. The van der Waals surface area contributed by atoms with E-state index in [1.807, 2.05) is 0 Å². The number of aliphatic hydroxyl groups is 3. The van der Waals surface area contributed by atoms with Gasteiger partial charge in [0.15, 0.2) is 12.6 Å². The van der Waals surface area contributed by atoms with Gasteiger partial charge in [-0.2, -0.15) is 0 Å². The molecule has 1 rings (SSSR count). The number of aldehydes is 2. The lowest BCUT2D eigenvalue weighted by molar-refractivity contribution is 0.0200. The zero-order valence-electron chi connectivity index (χ0n) is 10.8. The summed E-state index contributed by atoms with van der Waals surface area (Å²) in [5.74, 6) is 0. The van der Waals surface area contributed by atoms with Crippen LogP contribution in [0.3, 0.4) is 0 Å². The summed E-state index contributed by atoms with van der Waals surface area (Å²) in [5, 5.41) is 25.4. The fraction of sp³-hybridized carbons (Fsp3) is 0.385. The summed E-state index contributed by atoms with van der Waals surface area (Å²) in [6.45, 7) is 1.06. The van der Waals surface area contributed by atoms with Crippen molar-refractivity contribution in [2.75, 3.05) is 19.8 Å². The van der Waals surface area contributed by atoms with Crippen LogP contribution < -0.4 is 0 Å². The minimum Gasteiger partial charge on any atom is -0.396 e. The highest BCUT2D eigenvalue weighted by atomic mass is 79.9. The molecule has 0 saturated heterocycles. The second-order valence-electron chi connectivity index (χ2n) is 4.38. The maximum Gasteiger partial charge on any atom is 0.151 e. The third-order valence-electron chi connectivity index (χ3n) is 2.56. The van der Waals surface area contributed by atoms with E-state index in [0.717, 1.165) is 0 Å². The van der Waals surface area contributed by atoms with Crippen LogP contribution in [0.15, 0.2) is 21.1 Å². The van der Waals surface area contributed by atoms with Gasteiger partial charge in [0.05, 0.1) is 19.8 Å². The molecule has 0 aliphatic carbocycles. The number of hydrogen-bond donors (Lipinski definition) is 3. The molecule has 0 aliphatic heterocycles. The molecular weight excluding hydrogens is 396 g/mol. The summed E-state index contributed by atoms with van der Waals surface area (Å²) in [7, 11) is 0. The largest absolute Gasteiger partial charge is 0.396 e. The molecule has 0 radical (unpaired) electrons. The van der Waals surface area contributed by atoms with Gasteiger partial charge in [-0.1, -0.05) is 38.8 Å². The van der Waals surface area contributed by atoms with Crippen LogP contribution in [0.2, 0.25) is 0 Å². The van der Waals surface area contributed by atoms with Crippen molar-refractivity contribution in [1.82, 2.24) is 0 Å². The van der Waals surface area contributed by atoms with Crippen LogP contribution in [-0.4, -0.2) is 47.7 Å². The Labute approximate surface area is 133 Å². The average molecular weight is 412 g/mol. The number of rotatable bonds is 5. The Balaban J connectivity index is 0.000000396. The van der Waals surface area contributed by atoms with Crippen molar-refractivity contribution in [2.45, 2.75) is 6.92 Å². The third kappa shape index (κ3) is 5.41. The van der Waals surface area contributed by atoms with Crippen LogP contribution in [0, 0.1) is 5.41 Å². The van der Waals surface area contributed by atoms with E-state index in [2.05, 4.69) is 31.9 Å². The molecule has 0 amide bonds. The molecule has 1 aromatic rings. The Kier molecular flexibility index (Phi) is 9.08. The first kappa shape index (κ1) is 19.4. The van der Waals surface area contributed by atoms with Crippen molar-refractivity contribution in [3.05, 3.63) is 32.2 Å². The van der Waals surface area contributed by atoms with Gasteiger partial charge in [-0.15, -0.1) is 0 Å². The molecule has 20 heavy (non-hydrogen) atoms. The van der Waals surface area contributed by atoms with E-state index in [1.165, 1.54) is 0 Å². The molecule has 0 atom stereocenters. The molecule has 0 unspecified atom stereocenters. The Morgan fingerprint density at radius 2 is 1.25 bits per heavy atom. The van der Waals surface area contributed by atoms with Gasteiger partial charge in [-0.05, 0) is 12.1 Å². The molecule has 1 aromatic carbocycles. The van der Waals surface area contributed by atoms with Gasteiger partial charge in [0, 0.05) is 25.5 Å². The minimum atomic E-state index is -0.708. The first-order chi connectivity index (χ1) is 9.38. The molecule has 7 heteroatoms. The SMILES string of the molecule is CC(CO)(CO)CO.O=Cc1c(Br)ccc(Br)c1C=O. The van der Waals surface area contributed by atoms with Crippen molar-refractivity contribution in [2.24, 2.45) is 5.41 Å². The molecule has 5 nitrogen and oxygen atoms in total. The quantitative estimate of drug-likeness (QED) is 0.642. The van der Waals surface area contributed by atoms with Crippen molar-refractivity contribution < 1.29 is 24.9 Å². The fourth-order valence-corrected chi connectivity index (χ4v) is 1.85. The summed E-state index contributed by atoms with van der Waals surface area (Å²) in [5.41, 5.74) is 0.0405. The molecule has 0 aliphatic rings. The second-order valence-corrected chi connectivity index (χ2v) is 6.09. The van der Waals surface area contributed by atoms with Crippen molar-refractivity contribution in [3.8, 4) is 0 Å². The average Bonchev–Trinajstić information content (AvgIpc) is 2.49. The van der Waals surface area contributed by atoms with Gasteiger partial charge in [0.2, 0.25) is 0 Å². The summed E-state index contributed by atoms with van der Waals surface area (Å²) in [4.78, 5) is 21.1. The Morgan fingerprint density at radius 3 is 1.40 bits per heavy atom. The van der Waals surface area contributed by atoms with E-state index in [9.17, 15) is 9.59 Å². The molecule has 0 saturated carbocycles. The number of hydrogen-bond acceptors (Lipinski definition) is 5. The number of halogens is 2. The molecule has 0 heterocycles. The van der Waals surface area contributed by atoms with Crippen molar-refractivity contribution >= 4 is 44.4 Å². The lowest BCUT2D eigenvalue weighted by Gasteiger charge is -2.20. The maximum atomic E-state index is 10.5. The van der Waals surface area contributed by atoms with Crippen LogP contribution in [0.1, 0.15) is 27.6 Å². The van der Waals surface area contributed by atoms with Crippen LogP contribution in [0.4, 0.5) is 0 Å². The molecule has 0 fully saturated rings. The topological polar surface area (TPSA) is 94.8 Å². The van der Waals surface area contributed by atoms with E-state index < -0.39 is 5.41 Å². The van der Waals surface area contributed by atoms with Gasteiger partial charge >= 0.3 is 0 Å². The molecule has 112 valence electrons. The molecular formula is C13H16Br2O5. The molecule has 0 bridgehead atoms. The number of carbonyl (C=O) groups excluding carboxylic acids is 2. The van der Waals surface area contributed by atoms with Gasteiger partial charge in [-0.3, -0.25) is 9.59 Å². The zero-order chi connectivity index (χ0) is 15.8. The zero-order valence-corrected chi connectivity index (χ0v) is 14.0. The van der Waals surface area contributed by atoms with Crippen LogP contribution in [0.5, 0.6) is 0 Å². The summed E-state index contributed by atoms with van der Waals surface area (Å²) < 4.78 is 1.26. The fourth-order valence-electron chi connectivity index (χ4n) is 0.973. The minimum absolute atomic E-state index is 0.181. The van der Waals surface area contributed by atoms with Crippen LogP contribution in [-0.2, 0) is 0 Å². The van der Waals surface area contributed by atoms with Crippen LogP contribution >= 0.6 is 31.9 Å². The predicted molar refractivity (Wildman–Crippen MR) is 82.0 cm³/mol. The Hall–Kier alpha value is -0.600. The first-order valence-corrected chi connectivity index (χ1v) is 7.18. The van der Waals surface area contributed by atoms with Crippen molar-refractivity contribution in [3.63, 3.8) is 0 Å². The molecule has 0 spiro atoms. The summed E-state index contributed by atoms with van der Waals surface area (Å²) in [6.07, 6.45) is 1.30. The van der Waals surface area contributed by atoms with Crippen LogP contribution in [0.25, 0.3) is 0 Å². The number of carbonyl (C=O) groups is 2. The van der Waals surface area contributed by atoms with E-state index in [1.54, 1.807) is 19.1 Å². The second kappa shape index (κ2) is 9.36. The standard InChI is InChI=1S/C8H4Br2O2.C5H12O3/c9-7-1-2-8(10)6(4-12)5(7)3-11;1-5(2-6,3-7)4-8/h1-4H;6-8H,2-4H2,1H3. The van der Waals surface area contributed by atoms with E-state index in [0.29, 0.717) is 32.6 Å². The molecule has 0 aromatic heterocycles. The van der Waals surface area contributed by atoms with E-state index in [4.69, 9.17) is 15.3 Å². The Bertz CT molecular complexity index is 417. The van der Waals surface area contributed by atoms with Crippen molar-refractivity contribution in [1.29, 1.82) is 0 Å². The highest BCUT2D eigenvalue weighted by molar-refractivity contribution is 9.11. The highest BCUT2D eigenvalue weighted by Crippen LogP contribution is 2.24.